The van der Waals surface area contributed by atoms with Crippen molar-refractivity contribution in [3.63, 3.8) is 0 Å². The summed E-state index contributed by atoms with van der Waals surface area (Å²) in [5, 5.41) is 12.8. The lowest BCUT2D eigenvalue weighted by molar-refractivity contribution is -0.117. The van der Waals surface area contributed by atoms with Gasteiger partial charge in [-0.2, -0.15) is 0 Å². The van der Waals surface area contributed by atoms with Gasteiger partial charge in [-0.25, -0.2) is 0 Å². The normalized spacial score (nSPS) is 30.2. The van der Waals surface area contributed by atoms with Crippen molar-refractivity contribution in [2.24, 2.45) is 5.92 Å². The van der Waals surface area contributed by atoms with Crippen LogP contribution in [0.1, 0.15) is 39.5 Å². The van der Waals surface area contributed by atoms with Gasteiger partial charge in [0.25, 0.3) is 5.91 Å². The molecule has 3 heteroatoms. The molecule has 3 nitrogen and oxygen atoms in total. The van der Waals surface area contributed by atoms with Gasteiger partial charge in [0.15, 0.2) is 0 Å². The molecule has 0 aromatic heterocycles. The van der Waals surface area contributed by atoms with Gasteiger partial charge in [0, 0.05) is 6.54 Å². The van der Waals surface area contributed by atoms with E-state index in [4.69, 9.17) is 0 Å². The van der Waals surface area contributed by atoms with Crippen LogP contribution in [0.5, 0.6) is 0 Å². The molecule has 0 aliphatic heterocycles. The molecule has 0 heterocycles. The minimum Gasteiger partial charge on any atom is -0.388 e. The monoisotopic (exact) mass is 209 g/mol. The molecule has 1 aliphatic rings. The standard InChI is InChI=1S/C12H19NO2/c1-3-5-11(14)13-9-12(15)7-4-6-10(2)8-12/h10,15H,4,6-9H2,1-2H3,(H,13,14). The molecule has 1 fully saturated rings. The Balaban J connectivity index is 2.41. The molecule has 84 valence electrons. The molecule has 0 aromatic rings. The first-order chi connectivity index (χ1) is 7.06. The van der Waals surface area contributed by atoms with Crippen molar-refractivity contribution in [2.75, 3.05) is 6.54 Å². The fourth-order valence-corrected chi connectivity index (χ4v) is 2.20. The van der Waals surface area contributed by atoms with E-state index in [1.54, 1.807) is 6.92 Å². The predicted molar refractivity (Wildman–Crippen MR) is 59.0 cm³/mol. The van der Waals surface area contributed by atoms with Gasteiger partial charge >= 0.3 is 0 Å². The SMILES string of the molecule is CC#CC(=O)NCC1(O)CCCC(C)C1. The van der Waals surface area contributed by atoms with Crippen LogP contribution in [0.3, 0.4) is 0 Å². The quantitative estimate of drug-likeness (QED) is 0.668. The summed E-state index contributed by atoms with van der Waals surface area (Å²) in [7, 11) is 0. The third-order valence-electron chi connectivity index (χ3n) is 2.88. The first kappa shape index (κ1) is 12.1. The molecule has 2 atom stereocenters. The molecule has 15 heavy (non-hydrogen) atoms. The van der Waals surface area contributed by atoms with E-state index in [9.17, 15) is 9.90 Å². The molecule has 0 spiro atoms. The van der Waals surface area contributed by atoms with E-state index in [1.165, 1.54) is 6.42 Å². The Hall–Kier alpha value is -1.01. The molecule has 1 saturated carbocycles. The number of nitrogens with one attached hydrogen (secondary N) is 1. The Morgan fingerprint density at radius 1 is 1.67 bits per heavy atom. The number of aliphatic hydroxyl groups is 1. The Bertz CT molecular complexity index is 290. The number of amides is 1. The lowest BCUT2D eigenvalue weighted by Crippen LogP contribution is -2.45. The first-order valence-electron chi connectivity index (χ1n) is 5.49. The summed E-state index contributed by atoms with van der Waals surface area (Å²) in [5.41, 5.74) is -0.719. The average Bonchev–Trinajstić information content (AvgIpc) is 2.15. The van der Waals surface area contributed by atoms with Crippen molar-refractivity contribution >= 4 is 5.91 Å². The van der Waals surface area contributed by atoms with Crippen LogP contribution in [-0.4, -0.2) is 23.2 Å². The molecular formula is C12H19NO2. The highest BCUT2D eigenvalue weighted by Crippen LogP contribution is 2.31. The summed E-state index contributed by atoms with van der Waals surface area (Å²) in [6, 6.07) is 0. The zero-order valence-electron chi connectivity index (χ0n) is 9.47. The molecule has 2 unspecified atom stereocenters. The maximum absolute atomic E-state index is 11.1. The lowest BCUT2D eigenvalue weighted by Gasteiger charge is -2.35. The lowest BCUT2D eigenvalue weighted by atomic mass is 9.79. The molecule has 0 saturated heterocycles. The smallest absolute Gasteiger partial charge is 0.295 e. The third-order valence-corrected chi connectivity index (χ3v) is 2.88. The highest BCUT2D eigenvalue weighted by Gasteiger charge is 2.32. The van der Waals surface area contributed by atoms with E-state index in [0.29, 0.717) is 12.5 Å². The van der Waals surface area contributed by atoms with Gasteiger partial charge < -0.3 is 10.4 Å². The van der Waals surface area contributed by atoms with Crippen LogP contribution in [-0.2, 0) is 4.79 Å². The second-order valence-electron chi connectivity index (χ2n) is 4.48. The average molecular weight is 209 g/mol. The third kappa shape index (κ3) is 3.93. The maximum Gasteiger partial charge on any atom is 0.295 e. The highest BCUT2D eigenvalue weighted by molar-refractivity contribution is 5.93. The molecular weight excluding hydrogens is 190 g/mol. The fourth-order valence-electron chi connectivity index (χ4n) is 2.20. The van der Waals surface area contributed by atoms with Crippen LogP contribution in [0.15, 0.2) is 0 Å². The molecule has 1 aliphatic carbocycles. The van der Waals surface area contributed by atoms with E-state index in [0.717, 1.165) is 19.3 Å². The van der Waals surface area contributed by atoms with Crippen molar-refractivity contribution < 1.29 is 9.90 Å². The Kier molecular flexibility index (Phi) is 4.16. The fraction of sp³-hybridized carbons (Fsp3) is 0.750. The van der Waals surface area contributed by atoms with E-state index < -0.39 is 5.60 Å². The minimum absolute atomic E-state index is 0.302. The number of carbonyl (C=O) groups is 1. The molecule has 0 radical (unpaired) electrons. The van der Waals surface area contributed by atoms with Gasteiger partial charge in [-0.05, 0) is 31.6 Å². The number of hydrogen-bond donors (Lipinski definition) is 2. The molecule has 0 bridgehead atoms. The minimum atomic E-state index is -0.719. The summed E-state index contributed by atoms with van der Waals surface area (Å²) in [4.78, 5) is 11.1. The van der Waals surface area contributed by atoms with Crippen LogP contribution < -0.4 is 5.32 Å². The maximum atomic E-state index is 11.1. The van der Waals surface area contributed by atoms with Crippen molar-refractivity contribution in [2.45, 2.75) is 45.1 Å². The van der Waals surface area contributed by atoms with Gasteiger partial charge in [-0.15, -0.1) is 0 Å². The topological polar surface area (TPSA) is 49.3 Å². The van der Waals surface area contributed by atoms with E-state index in [-0.39, 0.29) is 5.91 Å². The van der Waals surface area contributed by atoms with E-state index >= 15 is 0 Å². The van der Waals surface area contributed by atoms with Gasteiger partial charge in [-0.1, -0.05) is 25.7 Å². The van der Waals surface area contributed by atoms with Gasteiger partial charge in [0.1, 0.15) is 0 Å². The van der Waals surface area contributed by atoms with Crippen molar-refractivity contribution in [1.82, 2.24) is 5.32 Å². The van der Waals surface area contributed by atoms with E-state index in [1.807, 2.05) is 0 Å². The van der Waals surface area contributed by atoms with Gasteiger partial charge in [-0.3, -0.25) is 4.79 Å². The van der Waals surface area contributed by atoms with Gasteiger partial charge in [0.2, 0.25) is 0 Å². The largest absolute Gasteiger partial charge is 0.388 e. The second-order valence-corrected chi connectivity index (χ2v) is 4.48. The van der Waals surface area contributed by atoms with Crippen LogP contribution in [0.2, 0.25) is 0 Å². The van der Waals surface area contributed by atoms with Gasteiger partial charge in [0.05, 0.1) is 5.60 Å². The number of carbonyl (C=O) groups excluding carboxylic acids is 1. The Labute approximate surface area is 91.3 Å². The second kappa shape index (κ2) is 5.18. The zero-order chi connectivity index (χ0) is 11.3. The van der Waals surface area contributed by atoms with Crippen LogP contribution in [0, 0.1) is 17.8 Å². The molecule has 1 rings (SSSR count). The number of hydrogen-bond acceptors (Lipinski definition) is 2. The first-order valence-corrected chi connectivity index (χ1v) is 5.49. The van der Waals surface area contributed by atoms with Crippen molar-refractivity contribution in [3.05, 3.63) is 0 Å². The predicted octanol–water partition coefficient (Wildman–Crippen LogP) is 1.07. The van der Waals surface area contributed by atoms with Crippen molar-refractivity contribution in [3.8, 4) is 11.8 Å². The van der Waals surface area contributed by atoms with E-state index in [2.05, 4.69) is 24.1 Å². The molecule has 2 N–H and O–H groups in total. The summed E-state index contributed by atoms with van der Waals surface area (Å²) >= 11 is 0. The summed E-state index contributed by atoms with van der Waals surface area (Å²) in [6.45, 7) is 4.08. The van der Waals surface area contributed by atoms with Crippen LogP contribution >= 0.6 is 0 Å². The summed E-state index contributed by atoms with van der Waals surface area (Å²) < 4.78 is 0. The summed E-state index contributed by atoms with van der Waals surface area (Å²) in [5.74, 6) is 5.17. The molecule has 0 aromatic carbocycles. The van der Waals surface area contributed by atoms with Crippen LogP contribution in [0.4, 0.5) is 0 Å². The number of rotatable bonds is 2. The van der Waals surface area contributed by atoms with Crippen LogP contribution in [0.25, 0.3) is 0 Å². The Morgan fingerprint density at radius 3 is 3.00 bits per heavy atom. The molecule has 1 amide bonds. The summed E-state index contributed by atoms with van der Waals surface area (Å²) in [6.07, 6.45) is 3.75. The highest BCUT2D eigenvalue weighted by atomic mass is 16.3. The Morgan fingerprint density at radius 2 is 2.40 bits per heavy atom. The van der Waals surface area contributed by atoms with Crippen molar-refractivity contribution in [1.29, 1.82) is 0 Å². The zero-order valence-corrected chi connectivity index (χ0v) is 9.47.